The maximum atomic E-state index is 11.4. The molecule has 0 saturated carbocycles. The fourth-order valence-electron chi connectivity index (χ4n) is 1.81. The Morgan fingerprint density at radius 2 is 2.00 bits per heavy atom. The Morgan fingerprint density at radius 3 is 2.70 bits per heavy atom. The van der Waals surface area contributed by atoms with Crippen LogP contribution in [0.2, 0.25) is 5.02 Å². The number of aromatic hydroxyl groups is 1. The van der Waals surface area contributed by atoms with Crippen molar-refractivity contribution in [2.24, 2.45) is 5.73 Å². The minimum Gasteiger partial charge on any atom is -0.508 e. The van der Waals surface area contributed by atoms with E-state index in [0.717, 1.165) is 0 Å². The number of carbonyl (C=O) groups is 1. The van der Waals surface area contributed by atoms with Crippen molar-refractivity contribution >= 4 is 28.9 Å². The van der Waals surface area contributed by atoms with E-state index in [0.29, 0.717) is 34.1 Å². The zero-order valence-electron chi connectivity index (χ0n) is 10.6. The number of carbonyl (C=O) groups excluding carboxylic acids is 1. The number of nitrogens with two attached hydrogens (primary N) is 2. The Balaban J connectivity index is 2.23. The van der Waals surface area contributed by atoms with E-state index in [1.165, 1.54) is 12.1 Å². The Labute approximate surface area is 121 Å². The molecule has 0 aromatic heterocycles. The van der Waals surface area contributed by atoms with Gasteiger partial charge in [0, 0.05) is 28.5 Å². The van der Waals surface area contributed by atoms with Gasteiger partial charge in [-0.15, -0.1) is 0 Å². The SMILES string of the molecule is NC(=O)c1cc(Cl)ccc1NCc1cc(N)ccc1O. The quantitative estimate of drug-likeness (QED) is 0.513. The van der Waals surface area contributed by atoms with Gasteiger partial charge in [0.2, 0.25) is 0 Å². The summed E-state index contributed by atoms with van der Waals surface area (Å²) in [4.78, 5) is 11.4. The van der Waals surface area contributed by atoms with Gasteiger partial charge in [0.15, 0.2) is 0 Å². The van der Waals surface area contributed by atoms with Crippen molar-refractivity contribution in [1.82, 2.24) is 0 Å². The van der Waals surface area contributed by atoms with Crippen molar-refractivity contribution < 1.29 is 9.90 Å². The maximum absolute atomic E-state index is 11.4. The number of primary amides is 1. The fourth-order valence-corrected chi connectivity index (χ4v) is 1.98. The van der Waals surface area contributed by atoms with Gasteiger partial charge >= 0.3 is 0 Å². The second-order valence-electron chi connectivity index (χ2n) is 4.30. The van der Waals surface area contributed by atoms with E-state index in [2.05, 4.69) is 5.32 Å². The van der Waals surface area contributed by atoms with Crippen LogP contribution in [0.5, 0.6) is 5.75 Å². The van der Waals surface area contributed by atoms with Crippen molar-refractivity contribution in [2.75, 3.05) is 11.1 Å². The Kier molecular flexibility index (Phi) is 4.00. The second-order valence-corrected chi connectivity index (χ2v) is 4.73. The first-order chi connectivity index (χ1) is 9.47. The van der Waals surface area contributed by atoms with Gasteiger partial charge in [0.1, 0.15) is 5.75 Å². The number of nitrogen functional groups attached to an aromatic ring is 1. The van der Waals surface area contributed by atoms with Gasteiger partial charge in [-0.3, -0.25) is 4.79 Å². The molecule has 0 atom stereocenters. The standard InChI is InChI=1S/C14H14ClN3O2/c15-9-1-3-12(11(6-9)14(17)20)18-7-8-5-10(16)2-4-13(8)19/h1-6,18-19H,7,16H2,(H2,17,20). The molecular formula is C14H14ClN3O2. The van der Waals surface area contributed by atoms with E-state index in [9.17, 15) is 9.90 Å². The third kappa shape index (κ3) is 3.13. The molecule has 0 saturated heterocycles. The highest BCUT2D eigenvalue weighted by molar-refractivity contribution is 6.31. The molecule has 1 amide bonds. The van der Waals surface area contributed by atoms with Crippen molar-refractivity contribution in [1.29, 1.82) is 0 Å². The van der Waals surface area contributed by atoms with Crippen LogP contribution < -0.4 is 16.8 Å². The number of hydrogen-bond acceptors (Lipinski definition) is 4. The van der Waals surface area contributed by atoms with Gasteiger partial charge in [-0.25, -0.2) is 0 Å². The zero-order valence-corrected chi connectivity index (χ0v) is 11.3. The van der Waals surface area contributed by atoms with E-state index >= 15 is 0 Å². The number of phenolic OH excluding ortho intramolecular Hbond substituents is 1. The van der Waals surface area contributed by atoms with Gasteiger partial charge in [-0.1, -0.05) is 11.6 Å². The Morgan fingerprint density at radius 1 is 1.25 bits per heavy atom. The molecule has 0 spiro atoms. The van der Waals surface area contributed by atoms with E-state index < -0.39 is 5.91 Å². The third-order valence-corrected chi connectivity index (χ3v) is 3.06. The second kappa shape index (κ2) is 5.71. The lowest BCUT2D eigenvalue weighted by Crippen LogP contribution is -2.14. The van der Waals surface area contributed by atoms with Crippen LogP contribution in [0.1, 0.15) is 15.9 Å². The summed E-state index contributed by atoms with van der Waals surface area (Å²) in [5.41, 5.74) is 13.0. The first-order valence-corrected chi connectivity index (χ1v) is 6.26. The molecule has 0 aliphatic rings. The molecule has 0 heterocycles. The van der Waals surface area contributed by atoms with E-state index in [1.54, 1.807) is 24.3 Å². The van der Waals surface area contributed by atoms with Crippen molar-refractivity contribution in [3.8, 4) is 5.75 Å². The molecule has 0 unspecified atom stereocenters. The topological polar surface area (TPSA) is 101 Å². The number of anilines is 2. The molecular weight excluding hydrogens is 278 g/mol. The summed E-state index contributed by atoms with van der Waals surface area (Å²) < 4.78 is 0. The smallest absolute Gasteiger partial charge is 0.250 e. The van der Waals surface area contributed by atoms with Crippen LogP contribution in [0.4, 0.5) is 11.4 Å². The molecule has 2 aromatic rings. The van der Waals surface area contributed by atoms with Crippen molar-refractivity contribution in [3.63, 3.8) is 0 Å². The van der Waals surface area contributed by atoms with Crippen LogP contribution in [0.3, 0.4) is 0 Å². The third-order valence-electron chi connectivity index (χ3n) is 2.82. The molecule has 6 heteroatoms. The summed E-state index contributed by atoms with van der Waals surface area (Å²) in [6, 6.07) is 9.58. The summed E-state index contributed by atoms with van der Waals surface area (Å²) in [6.07, 6.45) is 0. The molecule has 20 heavy (non-hydrogen) atoms. The van der Waals surface area contributed by atoms with Crippen LogP contribution in [-0.4, -0.2) is 11.0 Å². The van der Waals surface area contributed by atoms with Crippen LogP contribution >= 0.6 is 11.6 Å². The predicted molar refractivity (Wildman–Crippen MR) is 79.8 cm³/mol. The van der Waals surface area contributed by atoms with Crippen LogP contribution in [0.25, 0.3) is 0 Å². The van der Waals surface area contributed by atoms with Gasteiger partial charge in [0.25, 0.3) is 5.91 Å². The predicted octanol–water partition coefficient (Wildman–Crippen LogP) is 2.34. The summed E-state index contributed by atoms with van der Waals surface area (Å²) >= 11 is 5.83. The van der Waals surface area contributed by atoms with Crippen molar-refractivity contribution in [2.45, 2.75) is 6.54 Å². The average molecular weight is 292 g/mol. The Hall–Kier alpha value is -2.40. The minimum atomic E-state index is -0.577. The minimum absolute atomic E-state index is 0.126. The molecule has 0 aliphatic heterocycles. The summed E-state index contributed by atoms with van der Waals surface area (Å²) in [5, 5.41) is 13.2. The highest BCUT2D eigenvalue weighted by Gasteiger charge is 2.09. The molecule has 0 fully saturated rings. The number of halogens is 1. The first kappa shape index (κ1) is 14.0. The first-order valence-electron chi connectivity index (χ1n) is 5.88. The molecule has 2 rings (SSSR count). The summed E-state index contributed by atoms with van der Waals surface area (Å²) in [5.74, 6) is -0.451. The normalized spacial score (nSPS) is 10.2. The molecule has 104 valence electrons. The van der Waals surface area contributed by atoms with Gasteiger partial charge in [-0.05, 0) is 36.4 Å². The monoisotopic (exact) mass is 291 g/mol. The fraction of sp³-hybridized carbons (Fsp3) is 0.0714. The van der Waals surface area contributed by atoms with Gasteiger partial charge in [-0.2, -0.15) is 0 Å². The zero-order chi connectivity index (χ0) is 14.7. The molecule has 0 bridgehead atoms. The number of benzene rings is 2. The summed E-state index contributed by atoms with van der Waals surface area (Å²) in [6.45, 7) is 0.304. The Bertz CT molecular complexity index is 659. The lowest BCUT2D eigenvalue weighted by atomic mass is 10.1. The molecule has 2 aromatic carbocycles. The molecule has 5 nitrogen and oxygen atoms in total. The van der Waals surface area contributed by atoms with Crippen LogP contribution in [-0.2, 0) is 6.54 Å². The molecule has 6 N–H and O–H groups in total. The van der Waals surface area contributed by atoms with Crippen molar-refractivity contribution in [3.05, 3.63) is 52.5 Å². The molecule has 0 radical (unpaired) electrons. The van der Waals surface area contributed by atoms with E-state index in [4.69, 9.17) is 23.1 Å². The number of phenols is 1. The maximum Gasteiger partial charge on any atom is 0.250 e. The largest absolute Gasteiger partial charge is 0.508 e. The highest BCUT2D eigenvalue weighted by Crippen LogP contribution is 2.24. The summed E-state index contributed by atoms with van der Waals surface area (Å²) in [7, 11) is 0. The van der Waals surface area contributed by atoms with E-state index in [-0.39, 0.29) is 5.75 Å². The van der Waals surface area contributed by atoms with Gasteiger partial charge in [0.05, 0.1) is 5.56 Å². The van der Waals surface area contributed by atoms with E-state index in [1.807, 2.05) is 0 Å². The lowest BCUT2D eigenvalue weighted by molar-refractivity contribution is 0.100. The lowest BCUT2D eigenvalue weighted by Gasteiger charge is -2.12. The number of rotatable bonds is 4. The number of hydrogen-bond donors (Lipinski definition) is 4. The number of nitrogens with one attached hydrogen (secondary N) is 1. The number of amides is 1. The van der Waals surface area contributed by atoms with Gasteiger partial charge < -0.3 is 21.9 Å². The van der Waals surface area contributed by atoms with Crippen LogP contribution in [0.15, 0.2) is 36.4 Å². The highest BCUT2D eigenvalue weighted by atomic mass is 35.5. The van der Waals surface area contributed by atoms with Crippen LogP contribution in [0, 0.1) is 0 Å². The molecule has 0 aliphatic carbocycles. The average Bonchev–Trinajstić information content (AvgIpc) is 2.40.